The SMILES string of the molecule is CC(C)CC(C(=O)NC(C)C)C(O)N(C(C)C)C(C)C. The Morgan fingerprint density at radius 3 is 1.75 bits per heavy atom. The van der Waals surface area contributed by atoms with E-state index in [4.69, 9.17) is 0 Å². The lowest BCUT2D eigenvalue weighted by atomic mass is 9.92. The van der Waals surface area contributed by atoms with Crippen molar-refractivity contribution in [2.45, 2.75) is 86.2 Å². The topological polar surface area (TPSA) is 52.6 Å². The summed E-state index contributed by atoms with van der Waals surface area (Å²) in [6.45, 7) is 16.3. The van der Waals surface area contributed by atoms with Crippen LogP contribution >= 0.6 is 0 Å². The van der Waals surface area contributed by atoms with E-state index in [2.05, 4.69) is 46.9 Å². The zero-order valence-corrected chi connectivity index (χ0v) is 14.5. The maximum absolute atomic E-state index is 12.4. The summed E-state index contributed by atoms with van der Waals surface area (Å²) in [6.07, 6.45) is -0.0495. The van der Waals surface area contributed by atoms with Crippen molar-refractivity contribution in [1.82, 2.24) is 10.2 Å². The average molecular weight is 286 g/mol. The van der Waals surface area contributed by atoms with Crippen molar-refractivity contribution in [1.29, 1.82) is 0 Å². The molecule has 2 N–H and O–H groups in total. The molecule has 0 radical (unpaired) electrons. The summed E-state index contributed by atoms with van der Waals surface area (Å²) in [5.74, 6) is -0.0663. The normalized spacial score (nSPS) is 15.5. The molecule has 0 aliphatic heterocycles. The van der Waals surface area contributed by atoms with Crippen molar-refractivity contribution >= 4 is 5.91 Å². The Bertz CT molecular complexity index is 280. The predicted octanol–water partition coefficient (Wildman–Crippen LogP) is 2.61. The largest absolute Gasteiger partial charge is 0.378 e. The number of hydrogen-bond donors (Lipinski definition) is 2. The molecule has 0 spiro atoms. The third-order valence-electron chi connectivity index (χ3n) is 3.35. The molecule has 0 aliphatic rings. The van der Waals surface area contributed by atoms with Gasteiger partial charge in [0.2, 0.25) is 5.91 Å². The highest BCUT2D eigenvalue weighted by molar-refractivity contribution is 5.79. The predicted molar refractivity (Wildman–Crippen MR) is 84.3 cm³/mol. The van der Waals surface area contributed by atoms with E-state index >= 15 is 0 Å². The number of aliphatic hydroxyl groups excluding tert-OH is 1. The van der Waals surface area contributed by atoms with E-state index in [0.29, 0.717) is 12.3 Å². The summed E-state index contributed by atoms with van der Waals surface area (Å²) in [4.78, 5) is 14.4. The van der Waals surface area contributed by atoms with Crippen LogP contribution in [0.1, 0.15) is 61.8 Å². The number of amides is 1. The first-order valence-corrected chi connectivity index (χ1v) is 7.83. The third kappa shape index (κ3) is 6.23. The Hall–Kier alpha value is -0.610. The first kappa shape index (κ1) is 19.4. The minimum atomic E-state index is -0.740. The highest BCUT2D eigenvalue weighted by Crippen LogP contribution is 2.22. The van der Waals surface area contributed by atoms with Crippen LogP contribution in [0.4, 0.5) is 0 Å². The first-order valence-electron chi connectivity index (χ1n) is 7.83. The molecule has 0 fully saturated rings. The average Bonchev–Trinajstić information content (AvgIpc) is 2.22. The van der Waals surface area contributed by atoms with Gasteiger partial charge in [0.05, 0.1) is 5.92 Å². The van der Waals surface area contributed by atoms with Gasteiger partial charge in [0.25, 0.3) is 0 Å². The van der Waals surface area contributed by atoms with Crippen molar-refractivity contribution < 1.29 is 9.90 Å². The van der Waals surface area contributed by atoms with Crippen LogP contribution < -0.4 is 5.32 Å². The number of aliphatic hydroxyl groups is 1. The quantitative estimate of drug-likeness (QED) is 0.674. The van der Waals surface area contributed by atoms with Crippen LogP contribution in [0, 0.1) is 11.8 Å². The van der Waals surface area contributed by atoms with Gasteiger partial charge in [-0.25, -0.2) is 0 Å². The molecule has 0 rings (SSSR count). The molecule has 0 bridgehead atoms. The van der Waals surface area contributed by atoms with Gasteiger partial charge in [-0.1, -0.05) is 13.8 Å². The zero-order valence-electron chi connectivity index (χ0n) is 14.5. The van der Waals surface area contributed by atoms with Crippen LogP contribution in [0.15, 0.2) is 0 Å². The number of nitrogens with zero attached hydrogens (tertiary/aromatic N) is 1. The first-order chi connectivity index (χ1) is 9.07. The third-order valence-corrected chi connectivity index (χ3v) is 3.35. The van der Waals surface area contributed by atoms with Gasteiger partial charge in [0.15, 0.2) is 0 Å². The smallest absolute Gasteiger partial charge is 0.227 e. The van der Waals surface area contributed by atoms with E-state index in [1.165, 1.54) is 0 Å². The van der Waals surface area contributed by atoms with E-state index in [0.717, 1.165) is 0 Å². The molecule has 20 heavy (non-hydrogen) atoms. The van der Waals surface area contributed by atoms with Crippen LogP contribution in [0.3, 0.4) is 0 Å². The molecule has 0 saturated heterocycles. The number of carbonyl (C=O) groups is 1. The number of rotatable bonds is 8. The summed E-state index contributed by atoms with van der Waals surface area (Å²) in [6, 6.07) is 0.494. The molecule has 0 aromatic carbocycles. The maximum Gasteiger partial charge on any atom is 0.227 e. The van der Waals surface area contributed by atoms with Crippen LogP contribution in [0.25, 0.3) is 0 Å². The summed E-state index contributed by atoms with van der Waals surface area (Å²) >= 11 is 0. The van der Waals surface area contributed by atoms with Crippen molar-refractivity contribution in [3.63, 3.8) is 0 Å². The fourth-order valence-electron chi connectivity index (χ4n) is 2.68. The van der Waals surface area contributed by atoms with Gasteiger partial charge in [-0.15, -0.1) is 0 Å². The van der Waals surface area contributed by atoms with E-state index in [9.17, 15) is 9.90 Å². The maximum atomic E-state index is 12.4. The summed E-state index contributed by atoms with van der Waals surface area (Å²) in [5.41, 5.74) is 0. The van der Waals surface area contributed by atoms with Gasteiger partial charge < -0.3 is 10.4 Å². The number of carbonyl (C=O) groups excluding carboxylic acids is 1. The number of nitrogens with one attached hydrogen (secondary N) is 1. The molecule has 0 saturated carbocycles. The molecule has 2 unspecified atom stereocenters. The fraction of sp³-hybridized carbons (Fsp3) is 0.938. The van der Waals surface area contributed by atoms with Crippen LogP contribution in [-0.2, 0) is 4.79 Å². The zero-order chi connectivity index (χ0) is 16.0. The standard InChI is InChI=1S/C16H34N2O2/c1-10(2)9-14(15(19)17-11(3)4)16(20)18(12(5)6)13(7)8/h10-14,16,20H,9H2,1-8H3,(H,17,19). The molecule has 120 valence electrons. The highest BCUT2D eigenvalue weighted by atomic mass is 16.3. The van der Waals surface area contributed by atoms with Gasteiger partial charge in [0, 0.05) is 18.1 Å². The van der Waals surface area contributed by atoms with Crippen molar-refractivity contribution in [3.05, 3.63) is 0 Å². The highest BCUT2D eigenvalue weighted by Gasteiger charge is 2.34. The minimum Gasteiger partial charge on any atom is -0.378 e. The second kappa shape index (κ2) is 8.63. The van der Waals surface area contributed by atoms with Gasteiger partial charge in [-0.3, -0.25) is 9.69 Å². The summed E-state index contributed by atoms with van der Waals surface area (Å²) in [7, 11) is 0. The molecule has 0 aliphatic carbocycles. The van der Waals surface area contributed by atoms with E-state index < -0.39 is 6.23 Å². The Labute approximate surface area is 124 Å². The minimum absolute atomic E-state index is 0.0486. The fourth-order valence-corrected chi connectivity index (χ4v) is 2.68. The van der Waals surface area contributed by atoms with Gasteiger partial charge in [-0.05, 0) is 53.9 Å². The lowest BCUT2D eigenvalue weighted by molar-refractivity contribution is -0.140. The molecule has 0 aromatic heterocycles. The monoisotopic (exact) mass is 286 g/mol. The molecule has 2 atom stereocenters. The van der Waals surface area contributed by atoms with Gasteiger partial charge >= 0.3 is 0 Å². The summed E-state index contributed by atoms with van der Waals surface area (Å²) in [5, 5.41) is 13.6. The number of hydrogen-bond acceptors (Lipinski definition) is 3. The second-order valence-electron chi connectivity index (χ2n) is 6.95. The Morgan fingerprint density at radius 1 is 1.00 bits per heavy atom. The molecule has 0 heterocycles. The van der Waals surface area contributed by atoms with E-state index in [1.807, 2.05) is 18.7 Å². The molecule has 0 aromatic rings. The van der Waals surface area contributed by atoms with Crippen molar-refractivity contribution in [2.24, 2.45) is 11.8 Å². The molecule has 4 nitrogen and oxygen atoms in total. The van der Waals surface area contributed by atoms with Crippen molar-refractivity contribution in [3.8, 4) is 0 Å². The Morgan fingerprint density at radius 2 is 1.45 bits per heavy atom. The van der Waals surface area contributed by atoms with Gasteiger partial charge in [-0.2, -0.15) is 0 Å². The van der Waals surface area contributed by atoms with E-state index in [-0.39, 0.29) is 30.0 Å². The van der Waals surface area contributed by atoms with Crippen molar-refractivity contribution in [2.75, 3.05) is 0 Å². The second-order valence-corrected chi connectivity index (χ2v) is 6.95. The molecule has 4 heteroatoms. The Kier molecular flexibility index (Phi) is 8.36. The lowest BCUT2D eigenvalue weighted by Crippen LogP contribution is -2.53. The van der Waals surface area contributed by atoms with Gasteiger partial charge in [0.1, 0.15) is 6.23 Å². The molecular formula is C16H34N2O2. The Balaban J connectivity index is 5.13. The van der Waals surface area contributed by atoms with Crippen LogP contribution in [0.2, 0.25) is 0 Å². The van der Waals surface area contributed by atoms with E-state index in [1.54, 1.807) is 0 Å². The van der Waals surface area contributed by atoms with Crippen LogP contribution in [-0.4, -0.2) is 40.3 Å². The summed E-state index contributed by atoms with van der Waals surface area (Å²) < 4.78 is 0. The molecule has 1 amide bonds. The van der Waals surface area contributed by atoms with Crippen LogP contribution in [0.5, 0.6) is 0 Å². The lowest BCUT2D eigenvalue weighted by Gasteiger charge is -2.39. The molecular weight excluding hydrogens is 252 g/mol.